The molecule has 0 aliphatic rings. The molecule has 0 saturated heterocycles. The minimum Gasteiger partial charge on any atom is -0.454 e. The highest BCUT2D eigenvalue weighted by Gasteiger charge is 2.17. The van der Waals surface area contributed by atoms with E-state index < -0.39 is 5.97 Å². The lowest BCUT2D eigenvalue weighted by Crippen LogP contribution is -2.05. The Balaban J connectivity index is 1.46. The van der Waals surface area contributed by atoms with Crippen LogP contribution in [0.5, 0.6) is 0 Å². The first-order valence-electron chi connectivity index (χ1n) is 8.08. The summed E-state index contributed by atoms with van der Waals surface area (Å²) >= 11 is 0. The lowest BCUT2D eigenvalue weighted by molar-refractivity contribution is 0.0438. The van der Waals surface area contributed by atoms with Gasteiger partial charge in [0.1, 0.15) is 11.3 Å². The molecular formula is C20H15N3O3. The van der Waals surface area contributed by atoms with Gasteiger partial charge >= 0.3 is 5.97 Å². The van der Waals surface area contributed by atoms with Gasteiger partial charge in [-0.25, -0.2) is 4.79 Å². The van der Waals surface area contributed by atoms with Crippen LogP contribution in [-0.2, 0) is 11.3 Å². The quantitative estimate of drug-likeness (QED) is 0.551. The van der Waals surface area contributed by atoms with Gasteiger partial charge in [-0.3, -0.25) is 5.10 Å². The first-order valence-corrected chi connectivity index (χ1v) is 8.08. The summed E-state index contributed by atoms with van der Waals surface area (Å²) in [6, 6.07) is 20.9. The minimum absolute atomic E-state index is 0.00191. The van der Waals surface area contributed by atoms with E-state index >= 15 is 0 Å². The average Bonchev–Trinajstić information content (AvgIpc) is 3.37. The minimum atomic E-state index is -0.477. The summed E-state index contributed by atoms with van der Waals surface area (Å²) in [5.74, 6) is -0.00257. The molecule has 1 N–H and O–H groups in total. The largest absolute Gasteiger partial charge is 0.454 e. The van der Waals surface area contributed by atoms with Crippen LogP contribution in [0.3, 0.4) is 0 Å². The molecular weight excluding hydrogens is 330 g/mol. The Morgan fingerprint density at radius 3 is 2.42 bits per heavy atom. The Morgan fingerprint density at radius 1 is 1.00 bits per heavy atom. The Labute approximate surface area is 149 Å². The summed E-state index contributed by atoms with van der Waals surface area (Å²) in [6.07, 6.45) is 1.46. The molecule has 6 nitrogen and oxygen atoms in total. The smallest absolute Gasteiger partial charge is 0.342 e. The van der Waals surface area contributed by atoms with Crippen molar-refractivity contribution in [3.05, 3.63) is 84.3 Å². The number of aromatic nitrogens is 3. The van der Waals surface area contributed by atoms with Crippen LogP contribution in [0.2, 0.25) is 0 Å². The number of esters is 1. The Morgan fingerprint density at radius 2 is 1.69 bits per heavy atom. The summed E-state index contributed by atoms with van der Waals surface area (Å²) in [5.41, 5.74) is 3.50. The highest BCUT2D eigenvalue weighted by Crippen LogP contribution is 2.22. The van der Waals surface area contributed by atoms with Gasteiger partial charge in [-0.1, -0.05) is 65.8 Å². The van der Waals surface area contributed by atoms with E-state index in [-0.39, 0.29) is 6.61 Å². The van der Waals surface area contributed by atoms with Gasteiger partial charge in [0, 0.05) is 17.2 Å². The van der Waals surface area contributed by atoms with E-state index in [4.69, 9.17) is 9.26 Å². The third-order valence-electron chi connectivity index (χ3n) is 3.90. The Kier molecular flexibility index (Phi) is 4.30. The third-order valence-corrected chi connectivity index (χ3v) is 3.90. The number of H-pyrrole nitrogens is 1. The van der Waals surface area contributed by atoms with Crippen molar-refractivity contribution in [2.45, 2.75) is 6.61 Å². The van der Waals surface area contributed by atoms with E-state index in [1.807, 2.05) is 60.7 Å². The van der Waals surface area contributed by atoms with E-state index in [1.54, 1.807) is 6.07 Å². The number of hydrogen-bond acceptors (Lipinski definition) is 5. The number of benzene rings is 2. The van der Waals surface area contributed by atoms with E-state index in [0.717, 1.165) is 11.1 Å². The fraction of sp³-hybridized carbons (Fsp3) is 0.0500. The molecule has 2 heterocycles. The second kappa shape index (κ2) is 7.06. The summed E-state index contributed by atoms with van der Waals surface area (Å²) in [4.78, 5) is 12.4. The van der Waals surface area contributed by atoms with Crippen molar-refractivity contribution in [2.75, 3.05) is 0 Å². The topological polar surface area (TPSA) is 81.0 Å². The molecule has 0 saturated carbocycles. The summed E-state index contributed by atoms with van der Waals surface area (Å²) < 4.78 is 10.6. The second-order valence-corrected chi connectivity index (χ2v) is 5.65. The van der Waals surface area contributed by atoms with E-state index in [1.165, 1.54) is 6.20 Å². The standard InChI is InChI=1S/C20H15N3O3/c24-20(17-12-21-22-19(17)15-9-5-2-6-10-15)25-13-16-11-18(23-26-16)14-7-3-1-4-8-14/h1-12H,13H2,(H,21,22). The molecule has 6 heteroatoms. The number of carbonyl (C=O) groups excluding carboxylic acids is 1. The molecule has 2 aromatic heterocycles. The van der Waals surface area contributed by atoms with Crippen LogP contribution in [0.15, 0.2) is 77.4 Å². The van der Waals surface area contributed by atoms with E-state index in [9.17, 15) is 4.79 Å². The van der Waals surface area contributed by atoms with Crippen molar-refractivity contribution >= 4 is 5.97 Å². The van der Waals surface area contributed by atoms with Gasteiger partial charge in [0.15, 0.2) is 12.4 Å². The zero-order valence-electron chi connectivity index (χ0n) is 13.8. The molecule has 0 bridgehead atoms. The van der Waals surface area contributed by atoms with Crippen LogP contribution in [0.4, 0.5) is 0 Å². The fourth-order valence-corrected chi connectivity index (χ4v) is 2.61. The molecule has 0 fully saturated rings. The normalized spacial score (nSPS) is 10.6. The molecule has 0 radical (unpaired) electrons. The van der Waals surface area contributed by atoms with Gasteiger partial charge in [-0.05, 0) is 0 Å². The van der Waals surface area contributed by atoms with Gasteiger partial charge in [-0.2, -0.15) is 5.10 Å². The van der Waals surface area contributed by atoms with E-state index in [0.29, 0.717) is 22.7 Å². The molecule has 0 spiro atoms. The molecule has 0 aliphatic heterocycles. The van der Waals surface area contributed by atoms with Crippen molar-refractivity contribution in [3.8, 4) is 22.5 Å². The number of nitrogens with zero attached hydrogens (tertiary/aromatic N) is 2. The first kappa shape index (κ1) is 15.8. The summed E-state index contributed by atoms with van der Waals surface area (Å²) in [7, 11) is 0. The van der Waals surface area contributed by atoms with Crippen molar-refractivity contribution in [3.63, 3.8) is 0 Å². The van der Waals surface area contributed by atoms with Crippen LogP contribution >= 0.6 is 0 Å². The van der Waals surface area contributed by atoms with Crippen molar-refractivity contribution in [1.29, 1.82) is 0 Å². The Hall–Kier alpha value is -3.67. The van der Waals surface area contributed by atoms with Gasteiger partial charge < -0.3 is 9.26 Å². The number of nitrogens with one attached hydrogen (secondary N) is 1. The molecule has 4 rings (SSSR count). The highest BCUT2D eigenvalue weighted by molar-refractivity contribution is 5.95. The van der Waals surface area contributed by atoms with Crippen molar-refractivity contribution < 1.29 is 14.1 Å². The van der Waals surface area contributed by atoms with Crippen molar-refractivity contribution in [2.24, 2.45) is 0 Å². The number of aromatic amines is 1. The summed E-state index contributed by atoms with van der Waals surface area (Å²) in [6.45, 7) is -0.00191. The highest BCUT2D eigenvalue weighted by atomic mass is 16.5. The lowest BCUT2D eigenvalue weighted by atomic mass is 10.1. The maximum atomic E-state index is 12.4. The number of hydrogen-bond donors (Lipinski definition) is 1. The molecule has 4 aromatic rings. The van der Waals surface area contributed by atoms with Crippen LogP contribution in [0, 0.1) is 0 Å². The predicted molar refractivity (Wildman–Crippen MR) is 95.1 cm³/mol. The fourth-order valence-electron chi connectivity index (χ4n) is 2.61. The monoisotopic (exact) mass is 345 g/mol. The predicted octanol–water partition coefficient (Wildman–Crippen LogP) is 4.09. The van der Waals surface area contributed by atoms with Crippen LogP contribution < -0.4 is 0 Å². The van der Waals surface area contributed by atoms with Gasteiger partial charge in [0.2, 0.25) is 0 Å². The summed E-state index contributed by atoms with van der Waals surface area (Å²) in [5, 5.41) is 10.8. The second-order valence-electron chi connectivity index (χ2n) is 5.65. The number of ether oxygens (including phenoxy) is 1. The number of rotatable bonds is 5. The first-order chi connectivity index (χ1) is 12.8. The van der Waals surface area contributed by atoms with Gasteiger partial charge in [0.25, 0.3) is 0 Å². The zero-order valence-corrected chi connectivity index (χ0v) is 13.8. The lowest BCUT2D eigenvalue weighted by Gasteiger charge is -2.03. The Bertz CT molecular complexity index is 1010. The molecule has 0 unspecified atom stereocenters. The van der Waals surface area contributed by atoms with Crippen LogP contribution in [0.1, 0.15) is 16.1 Å². The number of carbonyl (C=O) groups is 1. The molecule has 0 amide bonds. The molecule has 26 heavy (non-hydrogen) atoms. The third kappa shape index (κ3) is 3.25. The molecule has 0 atom stereocenters. The van der Waals surface area contributed by atoms with Crippen LogP contribution in [-0.4, -0.2) is 21.3 Å². The molecule has 128 valence electrons. The maximum absolute atomic E-state index is 12.4. The SMILES string of the molecule is O=C(OCc1cc(-c2ccccc2)no1)c1cn[nH]c1-c1ccccc1. The van der Waals surface area contributed by atoms with Crippen molar-refractivity contribution in [1.82, 2.24) is 15.4 Å². The zero-order chi connectivity index (χ0) is 17.8. The molecule has 0 aliphatic carbocycles. The van der Waals surface area contributed by atoms with Crippen LogP contribution in [0.25, 0.3) is 22.5 Å². The van der Waals surface area contributed by atoms with Gasteiger partial charge in [0.05, 0.1) is 11.9 Å². The van der Waals surface area contributed by atoms with Gasteiger partial charge in [-0.15, -0.1) is 0 Å². The average molecular weight is 345 g/mol. The maximum Gasteiger partial charge on any atom is 0.342 e. The molecule has 2 aromatic carbocycles. The van der Waals surface area contributed by atoms with E-state index in [2.05, 4.69) is 15.4 Å².